The minimum absolute atomic E-state index is 0.0170. The molecule has 1 atom stereocenters. The van der Waals surface area contributed by atoms with Gasteiger partial charge in [0, 0.05) is 29.7 Å². The van der Waals surface area contributed by atoms with Gasteiger partial charge in [0.25, 0.3) is 11.8 Å². The Balaban J connectivity index is 1.71. The van der Waals surface area contributed by atoms with Gasteiger partial charge >= 0.3 is 12.1 Å². The van der Waals surface area contributed by atoms with Gasteiger partial charge in [0.05, 0.1) is 27.3 Å². The van der Waals surface area contributed by atoms with Gasteiger partial charge in [0.1, 0.15) is 28.7 Å². The third-order valence-corrected chi connectivity index (χ3v) is 6.65. The fourth-order valence-electron chi connectivity index (χ4n) is 4.62. The maximum atomic E-state index is 13.7. The topological polar surface area (TPSA) is 191 Å². The van der Waals surface area contributed by atoms with Gasteiger partial charge < -0.3 is 35.2 Å². The average Bonchev–Trinajstić information content (AvgIpc) is 3.42. The molecule has 0 radical (unpaired) electrons. The van der Waals surface area contributed by atoms with E-state index in [1.807, 2.05) is 0 Å². The minimum Gasteiger partial charge on any atom is -0.494 e. The van der Waals surface area contributed by atoms with E-state index >= 15 is 0 Å². The smallest absolute Gasteiger partial charge is 0.433 e. The second-order valence-electron chi connectivity index (χ2n) is 9.49. The van der Waals surface area contributed by atoms with Crippen LogP contribution in [0.25, 0.3) is 22.4 Å². The van der Waals surface area contributed by atoms with E-state index in [-0.39, 0.29) is 71.4 Å². The lowest BCUT2D eigenvalue weighted by Crippen LogP contribution is -2.60. The number of carbonyl (C=O) groups is 3. The zero-order valence-corrected chi connectivity index (χ0v) is 23.3. The number of esters is 1. The highest BCUT2D eigenvalue weighted by molar-refractivity contribution is 6.42. The van der Waals surface area contributed by atoms with Gasteiger partial charge in [-0.05, 0) is 37.3 Å². The van der Waals surface area contributed by atoms with Gasteiger partial charge in [0.15, 0.2) is 11.5 Å². The zero-order chi connectivity index (χ0) is 31.6. The predicted octanol–water partition coefficient (Wildman–Crippen LogP) is 2.08. The fraction of sp³-hybridized carbons (Fsp3) is 0.333. The van der Waals surface area contributed by atoms with Crippen LogP contribution in [-0.4, -0.2) is 83.2 Å². The van der Waals surface area contributed by atoms with Crippen molar-refractivity contribution in [3.05, 3.63) is 53.2 Å². The number of ether oxygens (including phenoxy) is 2. The van der Waals surface area contributed by atoms with Gasteiger partial charge in [-0.1, -0.05) is 0 Å². The number of carbonyl (C=O) groups excluding carboxylic acids is 3. The molecule has 2 amide bonds. The summed E-state index contributed by atoms with van der Waals surface area (Å²) in [6, 6.07) is 3.63. The maximum absolute atomic E-state index is 13.7. The van der Waals surface area contributed by atoms with Crippen molar-refractivity contribution in [1.29, 1.82) is 5.41 Å². The SMILES string of the molecule is COC(=O)C1CN(C(=O)C(=N)C=C(C)N)CCN1C(=O)c1nc(-c2ccc(OC)c3nc(C(F)(F)F)ccc23)oc1CN. The zero-order valence-electron chi connectivity index (χ0n) is 23.3. The molecule has 1 fully saturated rings. The molecule has 43 heavy (non-hydrogen) atoms. The highest BCUT2D eigenvalue weighted by Crippen LogP contribution is 2.37. The number of fused-ring (bicyclic) bond motifs is 1. The lowest BCUT2D eigenvalue weighted by Gasteiger charge is -2.39. The average molecular weight is 604 g/mol. The number of benzene rings is 1. The van der Waals surface area contributed by atoms with Crippen LogP contribution in [0.1, 0.15) is 28.9 Å². The molecule has 2 aromatic heterocycles. The second kappa shape index (κ2) is 12.1. The summed E-state index contributed by atoms with van der Waals surface area (Å²) in [7, 11) is 2.41. The van der Waals surface area contributed by atoms with Crippen molar-refractivity contribution in [2.45, 2.75) is 25.7 Å². The van der Waals surface area contributed by atoms with Gasteiger partial charge in [-0.15, -0.1) is 0 Å². The number of methoxy groups -OCH3 is 2. The van der Waals surface area contributed by atoms with Crippen molar-refractivity contribution in [3.8, 4) is 17.2 Å². The first-order valence-corrected chi connectivity index (χ1v) is 12.8. The van der Waals surface area contributed by atoms with Crippen LogP contribution < -0.4 is 16.2 Å². The number of rotatable bonds is 7. The monoisotopic (exact) mass is 603 g/mol. The molecular weight excluding hydrogens is 575 g/mol. The Morgan fingerprint density at radius 2 is 1.88 bits per heavy atom. The van der Waals surface area contributed by atoms with E-state index < -0.39 is 41.4 Å². The predicted molar refractivity (Wildman–Crippen MR) is 146 cm³/mol. The van der Waals surface area contributed by atoms with Crippen molar-refractivity contribution in [2.24, 2.45) is 11.5 Å². The highest BCUT2D eigenvalue weighted by Gasteiger charge is 2.40. The van der Waals surface area contributed by atoms with E-state index in [4.69, 9.17) is 30.8 Å². The first kappa shape index (κ1) is 31.0. The number of amides is 2. The summed E-state index contributed by atoms with van der Waals surface area (Å²) < 4.78 is 55.9. The van der Waals surface area contributed by atoms with Crippen LogP contribution in [0.3, 0.4) is 0 Å². The molecule has 3 heterocycles. The van der Waals surface area contributed by atoms with Crippen molar-refractivity contribution in [2.75, 3.05) is 33.9 Å². The largest absolute Gasteiger partial charge is 0.494 e. The van der Waals surface area contributed by atoms with Crippen molar-refractivity contribution in [3.63, 3.8) is 0 Å². The van der Waals surface area contributed by atoms with E-state index in [0.717, 1.165) is 18.1 Å². The lowest BCUT2D eigenvalue weighted by atomic mass is 10.1. The van der Waals surface area contributed by atoms with Crippen molar-refractivity contribution in [1.82, 2.24) is 19.8 Å². The maximum Gasteiger partial charge on any atom is 0.433 e. The molecule has 1 saturated heterocycles. The first-order chi connectivity index (χ1) is 20.3. The molecule has 16 heteroatoms. The summed E-state index contributed by atoms with van der Waals surface area (Å²) in [5, 5.41) is 8.17. The number of hydrogen-bond acceptors (Lipinski definition) is 11. The Bertz CT molecular complexity index is 1630. The number of nitrogens with one attached hydrogen (secondary N) is 1. The van der Waals surface area contributed by atoms with Gasteiger partial charge in [-0.2, -0.15) is 13.2 Å². The third kappa shape index (κ3) is 6.13. The molecule has 0 bridgehead atoms. The van der Waals surface area contributed by atoms with Crippen LogP contribution in [0, 0.1) is 5.41 Å². The Labute approximate surface area is 242 Å². The second-order valence-corrected chi connectivity index (χ2v) is 9.49. The quantitative estimate of drug-likeness (QED) is 0.266. The molecule has 13 nitrogen and oxygen atoms in total. The number of alkyl halides is 3. The minimum atomic E-state index is -4.70. The molecule has 1 unspecified atom stereocenters. The summed E-state index contributed by atoms with van der Waals surface area (Å²) in [5.74, 6) is -2.35. The summed E-state index contributed by atoms with van der Waals surface area (Å²) in [5.41, 5.74) is 10.0. The van der Waals surface area contributed by atoms with Crippen LogP contribution in [0.15, 0.2) is 40.5 Å². The summed E-state index contributed by atoms with van der Waals surface area (Å²) in [4.78, 5) is 49.6. The number of piperazine rings is 1. The molecule has 3 aromatic rings. The Kier molecular flexibility index (Phi) is 8.70. The number of aromatic nitrogens is 2. The van der Waals surface area contributed by atoms with Crippen LogP contribution in [0.5, 0.6) is 5.75 Å². The van der Waals surface area contributed by atoms with Crippen LogP contribution in [0.2, 0.25) is 0 Å². The normalized spacial score (nSPS) is 15.9. The van der Waals surface area contributed by atoms with E-state index in [0.29, 0.717) is 0 Å². The highest BCUT2D eigenvalue weighted by atomic mass is 19.4. The van der Waals surface area contributed by atoms with Gasteiger partial charge in [-0.3, -0.25) is 15.0 Å². The van der Waals surface area contributed by atoms with Crippen molar-refractivity contribution >= 4 is 34.4 Å². The van der Waals surface area contributed by atoms with Crippen LogP contribution >= 0.6 is 0 Å². The van der Waals surface area contributed by atoms with Crippen LogP contribution in [0.4, 0.5) is 13.2 Å². The van der Waals surface area contributed by atoms with E-state index in [9.17, 15) is 27.6 Å². The lowest BCUT2D eigenvalue weighted by molar-refractivity contribution is -0.149. The number of hydrogen-bond donors (Lipinski definition) is 3. The fourth-order valence-corrected chi connectivity index (χ4v) is 4.62. The molecule has 4 rings (SSSR count). The van der Waals surface area contributed by atoms with Crippen molar-refractivity contribution < 1.29 is 41.4 Å². The summed E-state index contributed by atoms with van der Waals surface area (Å²) in [6.07, 6.45) is -3.52. The Hall–Kier alpha value is -4.99. The number of halogens is 3. The Morgan fingerprint density at radius 3 is 2.49 bits per heavy atom. The number of nitrogens with zero attached hydrogens (tertiary/aromatic N) is 4. The third-order valence-electron chi connectivity index (χ3n) is 6.65. The molecule has 1 aliphatic rings. The molecule has 228 valence electrons. The molecular formula is C27H28F3N7O6. The molecule has 1 aromatic carbocycles. The molecule has 0 spiro atoms. The Morgan fingerprint density at radius 1 is 1.16 bits per heavy atom. The van der Waals surface area contributed by atoms with E-state index in [2.05, 4.69) is 9.97 Å². The van der Waals surface area contributed by atoms with E-state index in [1.54, 1.807) is 0 Å². The van der Waals surface area contributed by atoms with Gasteiger partial charge in [0.2, 0.25) is 5.89 Å². The van der Waals surface area contributed by atoms with Gasteiger partial charge in [-0.25, -0.2) is 14.8 Å². The summed E-state index contributed by atoms with van der Waals surface area (Å²) >= 11 is 0. The van der Waals surface area contributed by atoms with E-state index in [1.165, 1.54) is 43.2 Å². The number of nitrogens with two attached hydrogens (primary N) is 2. The molecule has 1 aliphatic heterocycles. The molecule has 0 saturated carbocycles. The standard InChI is InChI=1S/C27H28F3N7O6/c1-13(32)10-16(33)24(38)36-8-9-37(17(12-36)26(40)42-3)25(39)22-19(11-31)43-23(35-22)15-4-6-18(41-2)21-14(15)5-7-20(34-21)27(28,29)30/h4-7,10,17,33H,8-9,11-12,31-32H2,1-3H3. The summed E-state index contributed by atoms with van der Waals surface area (Å²) in [6.45, 7) is 0.835. The van der Waals surface area contributed by atoms with Crippen LogP contribution in [-0.2, 0) is 27.0 Å². The first-order valence-electron chi connectivity index (χ1n) is 12.8. The number of pyridine rings is 1. The molecule has 0 aliphatic carbocycles. The molecule has 5 N–H and O–H groups in total. The number of allylic oxidation sites excluding steroid dienone is 1. The number of oxazole rings is 1.